The molecule has 0 saturated heterocycles. The fourth-order valence-electron chi connectivity index (χ4n) is 2.04. The first-order valence-electron chi connectivity index (χ1n) is 7.05. The summed E-state index contributed by atoms with van der Waals surface area (Å²) in [6, 6.07) is 18.5. The monoisotopic (exact) mass is 282 g/mol. The second kappa shape index (κ2) is 8.19. The van der Waals surface area contributed by atoms with Crippen molar-refractivity contribution in [1.82, 2.24) is 5.43 Å². The third-order valence-corrected chi connectivity index (χ3v) is 3.21. The van der Waals surface area contributed by atoms with Crippen molar-refractivity contribution in [2.75, 3.05) is 11.9 Å². The fraction of sp³-hybridized carbons (Fsp3) is 0.235. The van der Waals surface area contributed by atoms with E-state index in [-0.39, 0.29) is 5.91 Å². The van der Waals surface area contributed by atoms with Crippen LogP contribution in [0.4, 0.5) is 5.69 Å². The minimum absolute atomic E-state index is 0.0234. The largest absolute Gasteiger partial charge is 0.326 e. The van der Waals surface area contributed by atoms with E-state index < -0.39 is 0 Å². The smallest absolute Gasteiger partial charge is 0.224 e. The van der Waals surface area contributed by atoms with Gasteiger partial charge >= 0.3 is 0 Å². The summed E-state index contributed by atoms with van der Waals surface area (Å²) >= 11 is 0. The third-order valence-electron chi connectivity index (χ3n) is 3.21. The molecule has 21 heavy (non-hydrogen) atoms. The summed E-state index contributed by atoms with van der Waals surface area (Å²) in [5.74, 6) is 5.27. The number of rotatable bonds is 7. The van der Waals surface area contributed by atoms with E-state index in [0.717, 1.165) is 30.6 Å². The predicted octanol–water partition coefficient (Wildman–Crippen LogP) is 2.06. The van der Waals surface area contributed by atoms with Crippen LogP contribution in [0.15, 0.2) is 48.5 Å². The summed E-state index contributed by atoms with van der Waals surface area (Å²) in [5, 5.41) is 2.91. The van der Waals surface area contributed by atoms with Crippen molar-refractivity contribution < 1.29 is 4.79 Å². The van der Waals surface area contributed by atoms with E-state index in [1.54, 1.807) is 0 Å². The topological polar surface area (TPSA) is 67.2 Å². The van der Waals surface area contributed by atoms with Gasteiger partial charge in [0.25, 0.3) is 0 Å². The molecule has 0 atom stereocenters. The SMILES string of the molecule is NNCCc1ccc(NC(=O)CCc2c[c]ccc2)cc1. The molecule has 2 rings (SSSR count). The zero-order valence-corrected chi connectivity index (χ0v) is 11.9. The number of carbonyl (C=O) groups excluding carboxylic acids is 1. The van der Waals surface area contributed by atoms with Gasteiger partial charge in [0, 0.05) is 18.7 Å². The standard InChI is InChI=1S/C17H20N3O/c18-19-13-12-15-6-9-16(10-7-15)20-17(21)11-8-14-4-2-1-3-5-14/h1-2,4-7,9-10,19H,8,11-13,18H2,(H,20,21). The molecule has 0 unspecified atom stereocenters. The zero-order chi connectivity index (χ0) is 14.9. The molecule has 109 valence electrons. The molecule has 1 radical (unpaired) electrons. The van der Waals surface area contributed by atoms with Gasteiger partial charge < -0.3 is 5.32 Å². The van der Waals surface area contributed by atoms with E-state index in [2.05, 4.69) is 16.8 Å². The molecule has 4 nitrogen and oxygen atoms in total. The summed E-state index contributed by atoms with van der Waals surface area (Å²) in [5.41, 5.74) is 5.75. The Morgan fingerprint density at radius 3 is 2.57 bits per heavy atom. The number of hydrogen-bond acceptors (Lipinski definition) is 3. The Hall–Kier alpha value is -2.17. The van der Waals surface area contributed by atoms with Crippen molar-refractivity contribution in [1.29, 1.82) is 0 Å². The van der Waals surface area contributed by atoms with Gasteiger partial charge in [-0.3, -0.25) is 16.1 Å². The second-order valence-corrected chi connectivity index (χ2v) is 4.86. The lowest BCUT2D eigenvalue weighted by Crippen LogP contribution is -2.24. The second-order valence-electron chi connectivity index (χ2n) is 4.86. The Kier molecular flexibility index (Phi) is 5.94. The minimum Gasteiger partial charge on any atom is -0.326 e. The summed E-state index contributed by atoms with van der Waals surface area (Å²) in [6.07, 6.45) is 2.06. The number of nitrogens with one attached hydrogen (secondary N) is 2. The van der Waals surface area contributed by atoms with E-state index in [1.165, 1.54) is 5.56 Å². The van der Waals surface area contributed by atoms with Crippen LogP contribution in [0, 0.1) is 6.07 Å². The molecule has 0 fully saturated rings. The highest BCUT2D eigenvalue weighted by Gasteiger charge is 2.03. The molecule has 0 bridgehead atoms. The number of aryl methyl sites for hydroxylation is 1. The van der Waals surface area contributed by atoms with Gasteiger partial charge in [0.1, 0.15) is 0 Å². The zero-order valence-electron chi connectivity index (χ0n) is 11.9. The number of benzene rings is 2. The Labute approximate surface area is 125 Å². The molecule has 0 saturated carbocycles. The van der Waals surface area contributed by atoms with E-state index in [9.17, 15) is 4.79 Å². The van der Waals surface area contributed by atoms with Gasteiger partial charge in [-0.1, -0.05) is 36.4 Å². The van der Waals surface area contributed by atoms with Gasteiger partial charge in [0.15, 0.2) is 0 Å². The van der Waals surface area contributed by atoms with Crippen LogP contribution in [0.25, 0.3) is 0 Å². The molecule has 0 aliphatic rings. The average Bonchev–Trinajstić information content (AvgIpc) is 2.53. The van der Waals surface area contributed by atoms with E-state index in [0.29, 0.717) is 6.42 Å². The first-order chi connectivity index (χ1) is 10.3. The first-order valence-corrected chi connectivity index (χ1v) is 7.05. The highest BCUT2D eigenvalue weighted by molar-refractivity contribution is 5.90. The van der Waals surface area contributed by atoms with Crippen molar-refractivity contribution in [2.24, 2.45) is 5.84 Å². The van der Waals surface area contributed by atoms with Crippen LogP contribution in [-0.2, 0) is 17.6 Å². The van der Waals surface area contributed by atoms with Gasteiger partial charge in [0.05, 0.1) is 0 Å². The molecule has 0 aromatic heterocycles. The number of hydrogen-bond donors (Lipinski definition) is 3. The van der Waals surface area contributed by atoms with Gasteiger partial charge in [-0.05, 0) is 42.2 Å². The lowest BCUT2D eigenvalue weighted by atomic mass is 10.1. The third kappa shape index (κ3) is 5.38. The van der Waals surface area contributed by atoms with Crippen LogP contribution in [-0.4, -0.2) is 12.5 Å². The molecule has 1 amide bonds. The molecule has 2 aromatic carbocycles. The molecule has 4 heteroatoms. The number of hydrazine groups is 1. The summed E-state index contributed by atoms with van der Waals surface area (Å²) in [6.45, 7) is 0.736. The Morgan fingerprint density at radius 2 is 1.90 bits per heavy atom. The van der Waals surface area contributed by atoms with Gasteiger partial charge in [-0.25, -0.2) is 0 Å². The van der Waals surface area contributed by atoms with Crippen molar-refractivity contribution >= 4 is 11.6 Å². The van der Waals surface area contributed by atoms with Crippen molar-refractivity contribution in [2.45, 2.75) is 19.3 Å². The maximum absolute atomic E-state index is 11.9. The maximum atomic E-state index is 11.9. The first kappa shape index (κ1) is 15.2. The Bertz CT molecular complexity index is 552. The van der Waals surface area contributed by atoms with Gasteiger partial charge in [-0.15, -0.1) is 0 Å². The highest BCUT2D eigenvalue weighted by Crippen LogP contribution is 2.11. The summed E-state index contributed by atoms with van der Waals surface area (Å²) < 4.78 is 0. The van der Waals surface area contributed by atoms with E-state index in [4.69, 9.17) is 5.84 Å². The van der Waals surface area contributed by atoms with Crippen LogP contribution in [0.3, 0.4) is 0 Å². The number of anilines is 1. The fourth-order valence-corrected chi connectivity index (χ4v) is 2.04. The molecular weight excluding hydrogens is 262 g/mol. The molecule has 2 aromatic rings. The van der Waals surface area contributed by atoms with Crippen LogP contribution < -0.4 is 16.6 Å². The normalized spacial score (nSPS) is 10.3. The number of amides is 1. The van der Waals surface area contributed by atoms with Crippen molar-refractivity contribution in [3.63, 3.8) is 0 Å². The molecular formula is C17H20N3O. The van der Waals surface area contributed by atoms with Crippen LogP contribution >= 0.6 is 0 Å². The van der Waals surface area contributed by atoms with Crippen molar-refractivity contribution in [3.05, 3.63) is 65.7 Å². The molecule has 0 spiro atoms. The molecule has 0 aliphatic carbocycles. The number of nitrogens with two attached hydrogens (primary N) is 1. The van der Waals surface area contributed by atoms with Crippen LogP contribution in [0.1, 0.15) is 17.5 Å². The Morgan fingerprint density at radius 1 is 1.10 bits per heavy atom. The van der Waals surface area contributed by atoms with Crippen molar-refractivity contribution in [3.8, 4) is 0 Å². The van der Waals surface area contributed by atoms with Crippen LogP contribution in [0.2, 0.25) is 0 Å². The minimum atomic E-state index is 0.0234. The van der Waals surface area contributed by atoms with Crippen LogP contribution in [0.5, 0.6) is 0 Å². The highest BCUT2D eigenvalue weighted by atomic mass is 16.1. The van der Waals surface area contributed by atoms with E-state index >= 15 is 0 Å². The maximum Gasteiger partial charge on any atom is 0.224 e. The predicted molar refractivity (Wildman–Crippen MR) is 84.6 cm³/mol. The van der Waals surface area contributed by atoms with Gasteiger partial charge in [0.2, 0.25) is 5.91 Å². The molecule has 4 N–H and O–H groups in total. The number of carbonyl (C=O) groups is 1. The van der Waals surface area contributed by atoms with E-state index in [1.807, 2.05) is 48.5 Å². The Balaban J connectivity index is 1.79. The quantitative estimate of drug-likeness (QED) is 0.538. The summed E-state index contributed by atoms with van der Waals surface area (Å²) in [4.78, 5) is 11.9. The lowest BCUT2D eigenvalue weighted by Gasteiger charge is -2.07. The average molecular weight is 282 g/mol. The summed E-state index contributed by atoms with van der Waals surface area (Å²) in [7, 11) is 0. The lowest BCUT2D eigenvalue weighted by molar-refractivity contribution is -0.116. The molecule has 0 aliphatic heterocycles. The molecule has 0 heterocycles. The van der Waals surface area contributed by atoms with Gasteiger partial charge in [-0.2, -0.15) is 0 Å².